The Balaban J connectivity index is 1.54. The third-order valence-corrected chi connectivity index (χ3v) is 5.38. The lowest BCUT2D eigenvalue weighted by Gasteiger charge is -2.10. The lowest BCUT2D eigenvalue weighted by atomic mass is 10.2. The number of hydrogen-bond acceptors (Lipinski definition) is 4. The van der Waals surface area contributed by atoms with Gasteiger partial charge < -0.3 is 10.1 Å². The Morgan fingerprint density at radius 1 is 0.897 bits per heavy atom. The Kier molecular flexibility index (Phi) is 6.58. The number of anilines is 1. The van der Waals surface area contributed by atoms with Gasteiger partial charge in [0, 0.05) is 6.54 Å². The minimum absolute atomic E-state index is 0.0621. The van der Waals surface area contributed by atoms with Crippen LogP contribution in [0.1, 0.15) is 5.56 Å². The molecule has 2 N–H and O–H groups in total. The van der Waals surface area contributed by atoms with Gasteiger partial charge in [-0.25, -0.2) is 17.5 Å². The highest BCUT2D eigenvalue weighted by Crippen LogP contribution is 2.17. The van der Waals surface area contributed by atoms with Gasteiger partial charge in [0.25, 0.3) is 5.91 Å². The van der Waals surface area contributed by atoms with Crippen LogP contribution in [0, 0.1) is 5.82 Å². The van der Waals surface area contributed by atoms with Crippen molar-refractivity contribution in [2.45, 2.75) is 11.4 Å². The van der Waals surface area contributed by atoms with Crippen molar-refractivity contribution in [3.05, 3.63) is 90.2 Å². The molecule has 0 radical (unpaired) electrons. The molecule has 0 fully saturated rings. The highest BCUT2D eigenvalue weighted by atomic mass is 32.2. The monoisotopic (exact) mass is 414 g/mol. The fraction of sp³-hybridized carbons (Fsp3) is 0.0952. The number of halogens is 1. The fourth-order valence-electron chi connectivity index (χ4n) is 2.47. The highest BCUT2D eigenvalue weighted by molar-refractivity contribution is 7.89. The standard InChI is InChI=1S/C21H19FN2O4S/c22-19-8-4-5-9-20(19)24-21(25)15-28-17-10-12-18(13-11-17)29(26,27)23-14-16-6-2-1-3-7-16/h1-13,23H,14-15H2,(H,24,25). The van der Waals surface area contributed by atoms with Crippen molar-refractivity contribution in [3.8, 4) is 5.75 Å². The Labute approximate surface area is 168 Å². The number of sulfonamides is 1. The van der Waals surface area contributed by atoms with E-state index in [0.29, 0.717) is 5.75 Å². The van der Waals surface area contributed by atoms with Gasteiger partial charge in [-0.15, -0.1) is 0 Å². The van der Waals surface area contributed by atoms with E-state index in [9.17, 15) is 17.6 Å². The van der Waals surface area contributed by atoms with Gasteiger partial charge in [-0.3, -0.25) is 4.79 Å². The molecule has 3 aromatic rings. The molecule has 0 unspecified atom stereocenters. The minimum atomic E-state index is -3.68. The molecule has 6 nitrogen and oxygen atoms in total. The molecule has 3 rings (SSSR count). The fourth-order valence-corrected chi connectivity index (χ4v) is 3.49. The zero-order valence-electron chi connectivity index (χ0n) is 15.3. The number of carbonyl (C=O) groups excluding carboxylic acids is 1. The van der Waals surface area contributed by atoms with E-state index in [0.717, 1.165) is 5.56 Å². The Morgan fingerprint density at radius 3 is 2.24 bits per heavy atom. The average molecular weight is 414 g/mol. The molecule has 0 saturated heterocycles. The number of amides is 1. The average Bonchev–Trinajstić information content (AvgIpc) is 2.74. The highest BCUT2D eigenvalue weighted by Gasteiger charge is 2.14. The summed E-state index contributed by atoms with van der Waals surface area (Å²) in [6.07, 6.45) is 0. The molecule has 0 aliphatic rings. The van der Waals surface area contributed by atoms with E-state index in [1.165, 1.54) is 42.5 Å². The number of benzene rings is 3. The summed E-state index contributed by atoms with van der Waals surface area (Å²) in [5.41, 5.74) is 0.906. The second kappa shape index (κ2) is 9.31. The van der Waals surface area contributed by atoms with Crippen LogP contribution in [0.5, 0.6) is 5.75 Å². The van der Waals surface area contributed by atoms with Crippen LogP contribution in [0.25, 0.3) is 0 Å². The molecule has 0 aliphatic carbocycles. The predicted molar refractivity (Wildman–Crippen MR) is 107 cm³/mol. The van der Waals surface area contributed by atoms with Gasteiger partial charge in [0.1, 0.15) is 11.6 Å². The lowest BCUT2D eigenvalue weighted by molar-refractivity contribution is -0.118. The SMILES string of the molecule is O=C(COc1ccc(S(=O)(=O)NCc2ccccc2)cc1)Nc1ccccc1F. The quantitative estimate of drug-likeness (QED) is 0.592. The van der Waals surface area contributed by atoms with Gasteiger partial charge >= 0.3 is 0 Å². The van der Waals surface area contributed by atoms with Crippen molar-refractivity contribution in [1.82, 2.24) is 4.72 Å². The largest absolute Gasteiger partial charge is 0.484 e. The third-order valence-electron chi connectivity index (χ3n) is 3.96. The second-order valence-corrected chi connectivity index (χ2v) is 7.87. The van der Waals surface area contributed by atoms with Crippen LogP contribution >= 0.6 is 0 Å². The van der Waals surface area contributed by atoms with Gasteiger partial charge in [-0.2, -0.15) is 0 Å². The van der Waals surface area contributed by atoms with Crippen LogP contribution in [-0.2, 0) is 21.4 Å². The summed E-state index contributed by atoms with van der Waals surface area (Å²) < 4.78 is 46.1. The van der Waals surface area contributed by atoms with Crippen LogP contribution in [0.3, 0.4) is 0 Å². The van der Waals surface area contributed by atoms with E-state index in [1.54, 1.807) is 6.07 Å². The maximum Gasteiger partial charge on any atom is 0.262 e. The first kappa shape index (κ1) is 20.5. The van der Waals surface area contributed by atoms with E-state index in [1.807, 2.05) is 30.3 Å². The molecule has 8 heteroatoms. The van der Waals surface area contributed by atoms with Crippen LogP contribution in [0.2, 0.25) is 0 Å². The molecular weight excluding hydrogens is 395 g/mol. The summed E-state index contributed by atoms with van der Waals surface area (Å²) in [7, 11) is -3.68. The molecule has 0 aromatic heterocycles. The first-order valence-electron chi connectivity index (χ1n) is 8.75. The number of para-hydroxylation sites is 1. The van der Waals surface area contributed by atoms with Crippen LogP contribution in [0.4, 0.5) is 10.1 Å². The predicted octanol–water partition coefficient (Wildman–Crippen LogP) is 3.32. The Morgan fingerprint density at radius 2 is 1.55 bits per heavy atom. The van der Waals surface area contributed by atoms with Gasteiger partial charge in [0.05, 0.1) is 10.6 Å². The summed E-state index contributed by atoms with van der Waals surface area (Å²) in [6.45, 7) is -0.162. The van der Waals surface area contributed by atoms with Gasteiger partial charge in [-0.1, -0.05) is 42.5 Å². The van der Waals surface area contributed by atoms with Crippen molar-refractivity contribution >= 4 is 21.6 Å². The molecule has 0 bridgehead atoms. The van der Waals surface area contributed by atoms with E-state index in [-0.39, 0.29) is 23.7 Å². The minimum Gasteiger partial charge on any atom is -0.484 e. The molecule has 29 heavy (non-hydrogen) atoms. The third kappa shape index (κ3) is 5.87. The molecule has 0 spiro atoms. The Bertz CT molecular complexity index is 1070. The summed E-state index contributed by atoms with van der Waals surface area (Å²) in [5.74, 6) is -0.759. The second-order valence-electron chi connectivity index (χ2n) is 6.10. The summed E-state index contributed by atoms with van der Waals surface area (Å²) in [4.78, 5) is 12.0. The number of ether oxygens (including phenoxy) is 1. The first-order chi connectivity index (χ1) is 13.9. The molecule has 0 saturated carbocycles. The maximum atomic E-state index is 13.5. The van der Waals surface area contributed by atoms with Crippen molar-refractivity contribution in [2.24, 2.45) is 0 Å². The zero-order valence-corrected chi connectivity index (χ0v) is 16.2. The topological polar surface area (TPSA) is 84.5 Å². The molecule has 1 amide bonds. The molecule has 0 atom stereocenters. The van der Waals surface area contributed by atoms with Crippen molar-refractivity contribution in [2.75, 3.05) is 11.9 Å². The van der Waals surface area contributed by atoms with Gasteiger partial charge in [0.2, 0.25) is 10.0 Å². The lowest BCUT2D eigenvalue weighted by Crippen LogP contribution is -2.23. The van der Waals surface area contributed by atoms with Gasteiger partial charge in [0.15, 0.2) is 6.61 Å². The number of carbonyl (C=O) groups is 1. The maximum absolute atomic E-state index is 13.5. The van der Waals surface area contributed by atoms with E-state index < -0.39 is 21.7 Å². The zero-order chi connectivity index (χ0) is 20.7. The Hall–Kier alpha value is -3.23. The number of nitrogens with one attached hydrogen (secondary N) is 2. The molecule has 150 valence electrons. The van der Waals surface area contributed by atoms with Crippen LogP contribution < -0.4 is 14.8 Å². The van der Waals surface area contributed by atoms with Crippen molar-refractivity contribution in [3.63, 3.8) is 0 Å². The summed E-state index contributed by atoms with van der Waals surface area (Å²) in [5, 5.41) is 2.40. The number of hydrogen-bond donors (Lipinski definition) is 2. The molecular formula is C21H19FN2O4S. The molecule has 3 aromatic carbocycles. The van der Waals surface area contributed by atoms with E-state index in [2.05, 4.69) is 10.0 Å². The number of rotatable bonds is 8. The van der Waals surface area contributed by atoms with Gasteiger partial charge in [-0.05, 0) is 42.0 Å². The molecule has 0 aliphatic heterocycles. The van der Waals surface area contributed by atoms with Crippen LogP contribution in [-0.4, -0.2) is 20.9 Å². The van der Waals surface area contributed by atoms with Crippen molar-refractivity contribution < 1.29 is 22.3 Å². The molecule has 0 heterocycles. The van der Waals surface area contributed by atoms with E-state index in [4.69, 9.17) is 4.74 Å². The first-order valence-corrected chi connectivity index (χ1v) is 10.2. The van der Waals surface area contributed by atoms with Crippen molar-refractivity contribution in [1.29, 1.82) is 0 Å². The normalized spacial score (nSPS) is 11.1. The van der Waals surface area contributed by atoms with Crippen LogP contribution in [0.15, 0.2) is 83.8 Å². The summed E-state index contributed by atoms with van der Waals surface area (Å²) in [6, 6.07) is 20.6. The van der Waals surface area contributed by atoms with E-state index >= 15 is 0 Å². The summed E-state index contributed by atoms with van der Waals surface area (Å²) >= 11 is 0. The smallest absolute Gasteiger partial charge is 0.262 e.